The summed E-state index contributed by atoms with van der Waals surface area (Å²) in [6.45, 7) is 0. The van der Waals surface area contributed by atoms with E-state index in [1.54, 1.807) is 12.1 Å². The minimum Gasteiger partial charge on any atom is -0.493 e. The van der Waals surface area contributed by atoms with Crippen LogP contribution in [0.5, 0.6) is 11.5 Å². The Balaban J connectivity index is 1.63. The largest absolute Gasteiger partial charge is 0.493 e. The average Bonchev–Trinajstić information content (AvgIpc) is 2.82. The molecule has 2 N–H and O–H groups in total. The second-order valence-corrected chi connectivity index (χ2v) is 8.31. The number of amides is 2. The van der Waals surface area contributed by atoms with Gasteiger partial charge in [-0.3, -0.25) is 9.59 Å². The third-order valence-corrected chi connectivity index (χ3v) is 5.69. The van der Waals surface area contributed by atoms with Crippen LogP contribution in [0.2, 0.25) is 20.1 Å². The third kappa shape index (κ3) is 6.86. The highest BCUT2D eigenvalue weighted by Gasteiger charge is 2.17. The first-order chi connectivity index (χ1) is 16.7. The maximum absolute atomic E-state index is 12.4. The first-order valence-electron chi connectivity index (χ1n) is 9.63. The molecule has 3 rings (SSSR count). The molecule has 0 radical (unpaired) electrons. The van der Waals surface area contributed by atoms with Gasteiger partial charge in [0.05, 0.1) is 39.6 Å². The third-order valence-electron chi connectivity index (χ3n) is 4.33. The van der Waals surface area contributed by atoms with Crippen molar-refractivity contribution in [3.8, 4) is 11.5 Å². The Morgan fingerprint density at radius 2 is 1.66 bits per heavy atom. The summed E-state index contributed by atoms with van der Waals surface area (Å²) in [5.74, 6) is -2.39. The van der Waals surface area contributed by atoms with Gasteiger partial charge in [-0.2, -0.15) is 5.10 Å². The topological polar surface area (TPSA) is 106 Å². The predicted molar refractivity (Wildman–Crippen MR) is 135 cm³/mol. The molecule has 180 valence electrons. The maximum Gasteiger partial charge on any atom is 0.345 e. The summed E-state index contributed by atoms with van der Waals surface area (Å²) in [6, 6.07) is 13.5. The highest BCUT2D eigenvalue weighted by Crippen LogP contribution is 2.30. The Morgan fingerprint density at radius 3 is 2.37 bits per heavy atom. The molecule has 0 aliphatic rings. The molecule has 3 aromatic rings. The summed E-state index contributed by atoms with van der Waals surface area (Å²) in [6.07, 6.45) is 1.27. The summed E-state index contributed by atoms with van der Waals surface area (Å²) < 4.78 is 10.6. The summed E-state index contributed by atoms with van der Waals surface area (Å²) in [5, 5.41) is 6.93. The van der Waals surface area contributed by atoms with Crippen LogP contribution in [-0.2, 0) is 9.59 Å². The van der Waals surface area contributed by atoms with Crippen molar-refractivity contribution in [1.82, 2.24) is 5.43 Å². The lowest BCUT2D eigenvalue weighted by atomic mass is 10.2. The predicted octanol–water partition coefficient (Wildman–Crippen LogP) is 5.62. The number of nitrogens with one attached hydrogen (secondary N) is 2. The van der Waals surface area contributed by atoms with Crippen molar-refractivity contribution < 1.29 is 23.9 Å². The number of anilines is 1. The van der Waals surface area contributed by atoms with E-state index in [4.69, 9.17) is 55.9 Å². The van der Waals surface area contributed by atoms with Gasteiger partial charge in [0, 0.05) is 5.02 Å². The molecular formula is C23H15Cl4N3O5. The van der Waals surface area contributed by atoms with Crippen LogP contribution in [0.1, 0.15) is 15.9 Å². The van der Waals surface area contributed by atoms with Crippen molar-refractivity contribution in [2.45, 2.75) is 0 Å². The molecule has 0 aliphatic carbocycles. The summed E-state index contributed by atoms with van der Waals surface area (Å²) in [5.41, 5.74) is 2.88. The molecular weight excluding hydrogens is 540 g/mol. The van der Waals surface area contributed by atoms with Crippen molar-refractivity contribution in [3.63, 3.8) is 0 Å². The van der Waals surface area contributed by atoms with E-state index in [1.807, 2.05) is 0 Å². The minimum atomic E-state index is -1.03. The van der Waals surface area contributed by atoms with Crippen molar-refractivity contribution in [2.24, 2.45) is 5.10 Å². The molecule has 12 heteroatoms. The lowest BCUT2D eigenvalue weighted by Crippen LogP contribution is -2.32. The van der Waals surface area contributed by atoms with Crippen LogP contribution in [-0.4, -0.2) is 31.1 Å². The van der Waals surface area contributed by atoms with Crippen LogP contribution in [0.4, 0.5) is 5.69 Å². The van der Waals surface area contributed by atoms with Gasteiger partial charge in [-0.05, 0) is 54.1 Å². The number of nitrogens with zero attached hydrogens (tertiary/aromatic N) is 1. The molecule has 0 saturated heterocycles. The van der Waals surface area contributed by atoms with E-state index in [-0.39, 0.29) is 37.8 Å². The van der Waals surface area contributed by atoms with Crippen molar-refractivity contribution in [1.29, 1.82) is 0 Å². The molecule has 3 aromatic carbocycles. The van der Waals surface area contributed by atoms with Crippen LogP contribution in [0.15, 0.2) is 59.7 Å². The summed E-state index contributed by atoms with van der Waals surface area (Å²) in [4.78, 5) is 36.5. The highest BCUT2D eigenvalue weighted by molar-refractivity contribution is 6.45. The molecule has 0 saturated carbocycles. The number of hydrogen-bond acceptors (Lipinski definition) is 6. The minimum absolute atomic E-state index is 0.102. The number of ether oxygens (including phenoxy) is 2. The Morgan fingerprint density at radius 1 is 0.886 bits per heavy atom. The Labute approximate surface area is 219 Å². The van der Waals surface area contributed by atoms with Gasteiger partial charge in [0.2, 0.25) is 0 Å². The maximum atomic E-state index is 12.4. The van der Waals surface area contributed by atoms with E-state index in [0.29, 0.717) is 10.6 Å². The summed E-state index contributed by atoms with van der Waals surface area (Å²) in [7, 11) is 1.38. The number of hydrazone groups is 1. The van der Waals surface area contributed by atoms with Gasteiger partial charge < -0.3 is 14.8 Å². The fourth-order valence-corrected chi connectivity index (χ4v) is 3.49. The molecule has 0 heterocycles. The first kappa shape index (κ1) is 26.3. The lowest BCUT2D eigenvalue weighted by molar-refractivity contribution is -0.136. The van der Waals surface area contributed by atoms with Crippen LogP contribution >= 0.6 is 46.4 Å². The van der Waals surface area contributed by atoms with Gasteiger partial charge in [-0.25, -0.2) is 10.2 Å². The fourth-order valence-electron chi connectivity index (χ4n) is 2.65. The molecule has 0 aromatic heterocycles. The van der Waals surface area contributed by atoms with E-state index in [9.17, 15) is 14.4 Å². The lowest BCUT2D eigenvalue weighted by Gasteiger charge is -2.10. The van der Waals surface area contributed by atoms with Crippen molar-refractivity contribution in [3.05, 3.63) is 85.8 Å². The second kappa shape index (κ2) is 11.9. The van der Waals surface area contributed by atoms with E-state index < -0.39 is 17.8 Å². The smallest absolute Gasteiger partial charge is 0.345 e. The monoisotopic (exact) mass is 553 g/mol. The number of methoxy groups -OCH3 is 1. The van der Waals surface area contributed by atoms with Gasteiger partial charge in [-0.15, -0.1) is 0 Å². The number of esters is 1. The van der Waals surface area contributed by atoms with Gasteiger partial charge in [0.15, 0.2) is 11.5 Å². The van der Waals surface area contributed by atoms with Crippen LogP contribution < -0.4 is 20.2 Å². The molecule has 35 heavy (non-hydrogen) atoms. The Hall–Kier alpha value is -3.30. The molecule has 0 bridgehead atoms. The number of rotatable bonds is 6. The zero-order valence-electron chi connectivity index (χ0n) is 17.8. The second-order valence-electron chi connectivity index (χ2n) is 6.68. The normalized spacial score (nSPS) is 10.7. The van der Waals surface area contributed by atoms with E-state index in [1.165, 1.54) is 55.8 Å². The van der Waals surface area contributed by atoms with Gasteiger partial charge in [-0.1, -0.05) is 52.5 Å². The SMILES string of the molecule is COc1cc(/C=N/NC(=O)C(=O)Nc2cccc(Cl)c2Cl)ccc1OC(=O)c1ccc(Cl)cc1Cl. The number of carbonyl (C=O) groups is 3. The number of benzene rings is 3. The van der Waals surface area contributed by atoms with E-state index >= 15 is 0 Å². The van der Waals surface area contributed by atoms with Crippen LogP contribution in [0.25, 0.3) is 0 Å². The first-order valence-corrected chi connectivity index (χ1v) is 11.1. The zero-order valence-corrected chi connectivity index (χ0v) is 20.8. The molecule has 0 unspecified atom stereocenters. The van der Waals surface area contributed by atoms with Crippen molar-refractivity contribution >= 4 is 76.1 Å². The molecule has 0 aliphatic heterocycles. The van der Waals surface area contributed by atoms with Crippen LogP contribution in [0, 0.1) is 0 Å². The molecule has 0 atom stereocenters. The molecule has 8 nitrogen and oxygen atoms in total. The van der Waals surface area contributed by atoms with Gasteiger partial charge in [0.25, 0.3) is 0 Å². The van der Waals surface area contributed by atoms with Crippen LogP contribution in [0.3, 0.4) is 0 Å². The van der Waals surface area contributed by atoms with E-state index in [0.717, 1.165) is 0 Å². The Kier molecular flexibility index (Phi) is 8.95. The zero-order chi connectivity index (χ0) is 25.5. The Bertz CT molecular complexity index is 1330. The number of carbonyl (C=O) groups excluding carboxylic acids is 3. The van der Waals surface area contributed by atoms with Gasteiger partial charge >= 0.3 is 17.8 Å². The average molecular weight is 555 g/mol. The van der Waals surface area contributed by atoms with Gasteiger partial charge in [0.1, 0.15) is 0 Å². The van der Waals surface area contributed by atoms with E-state index in [2.05, 4.69) is 15.8 Å². The molecule has 0 spiro atoms. The van der Waals surface area contributed by atoms with Crippen molar-refractivity contribution in [2.75, 3.05) is 12.4 Å². The standard InChI is InChI=1S/C23H15Cl4N3O5/c1-34-19-9-12(5-8-18(19)35-23(33)14-7-6-13(24)10-16(14)26)11-28-30-22(32)21(31)29-17-4-2-3-15(25)20(17)27/h2-11H,1H3,(H,29,31)(H,30,32)/b28-11+. The fraction of sp³-hybridized carbons (Fsp3) is 0.0435. The molecule has 0 fully saturated rings. The highest BCUT2D eigenvalue weighted by atomic mass is 35.5. The number of hydrogen-bond donors (Lipinski definition) is 2. The number of halogens is 4. The molecule has 2 amide bonds. The quantitative estimate of drug-likeness (QED) is 0.135. The summed E-state index contributed by atoms with van der Waals surface area (Å²) >= 11 is 23.8.